The van der Waals surface area contributed by atoms with E-state index in [4.69, 9.17) is 0 Å². The highest BCUT2D eigenvalue weighted by Crippen LogP contribution is 2.27. The van der Waals surface area contributed by atoms with Crippen molar-refractivity contribution in [3.8, 4) is 0 Å². The van der Waals surface area contributed by atoms with Crippen LogP contribution in [0.1, 0.15) is 30.9 Å². The van der Waals surface area contributed by atoms with E-state index < -0.39 is 15.8 Å². The lowest BCUT2D eigenvalue weighted by atomic mass is 10.1. The molecule has 1 aromatic carbocycles. The number of hydrogen-bond acceptors (Lipinski definition) is 3. The normalized spacial score (nSPS) is 19.4. The third kappa shape index (κ3) is 3.27. The smallest absolute Gasteiger partial charge is 0.243 e. The van der Waals surface area contributed by atoms with E-state index in [0.717, 1.165) is 19.4 Å². The van der Waals surface area contributed by atoms with Gasteiger partial charge in [-0.15, -0.1) is 0 Å². The largest absolute Gasteiger partial charge is 0.315 e. The molecule has 1 fully saturated rings. The highest BCUT2D eigenvalue weighted by atomic mass is 32.2. The number of hydrogen-bond donors (Lipinski definition) is 1. The maximum atomic E-state index is 13.4. The summed E-state index contributed by atoms with van der Waals surface area (Å²) in [6, 6.07) is 2.56. The van der Waals surface area contributed by atoms with Gasteiger partial charge in [0.15, 0.2) is 0 Å². The highest BCUT2D eigenvalue weighted by molar-refractivity contribution is 7.89. The molecule has 0 amide bonds. The number of sulfonamides is 1. The van der Waals surface area contributed by atoms with Gasteiger partial charge in [-0.3, -0.25) is 0 Å². The maximum absolute atomic E-state index is 13.4. The van der Waals surface area contributed by atoms with Gasteiger partial charge in [0.1, 0.15) is 5.82 Å². The van der Waals surface area contributed by atoms with Crippen LogP contribution in [0.2, 0.25) is 0 Å². The predicted octanol–water partition coefficient (Wildman–Crippen LogP) is 2.21. The quantitative estimate of drug-likeness (QED) is 0.906. The van der Waals surface area contributed by atoms with Crippen molar-refractivity contribution >= 4 is 10.0 Å². The molecule has 0 radical (unpaired) electrons. The van der Waals surface area contributed by atoms with Crippen molar-refractivity contribution in [3.63, 3.8) is 0 Å². The fourth-order valence-electron chi connectivity index (χ4n) is 3.03. The summed E-state index contributed by atoms with van der Waals surface area (Å²) in [6.07, 6.45) is 1.58. The summed E-state index contributed by atoms with van der Waals surface area (Å²) in [5.74, 6) is -0.395. The molecule has 1 aromatic rings. The Bertz CT molecular complexity index is 587. The zero-order valence-electron chi connectivity index (χ0n) is 12.8. The second-order valence-corrected chi connectivity index (χ2v) is 7.46. The third-order valence-corrected chi connectivity index (χ3v) is 6.14. The molecule has 4 nitrogen and oxygen atoms in total. The summed E-state index contributed by atoms with van der Waals surface area (Å²) >= 11 is 0. The first-order valence-electron chi connectivity index (χ1n) is 7.37. The maximum Gasteiger partial charge on any atom is 0.243 e. The van der Waals surface area contributed by atoms with Crippen molar-refractivity contribution in [1.82, 2.24) is 9.62 Å². The van der Waals surface area contributed by atoms with Crippen molar-refractivity contribution in [2.75, 3.05) is 19.6 Å². The van der Waals surface area contributed by atoms with E-state index in [2.05, 4.69) is 5.32 Å². The third-order valence-electron chi connectivity index (χ3n) is 3.88. The fourth-order valence-corrected chi connectivity index (χ4v) is 5.19. The van der Waals surface area contributed by atoms with Gasteiger partial charge in [-0.05, 0) is 56.5 Å². The second kappa shape index (κ2) is 6.42. The van der Waals surface area contributed by atoms with Crippen LogP contribution >= 0.6 is 0 Å². The van der Waals surface area contributed by atoms with E-state index >= 15 is 0 Å². The summed E-state index contributed by atoms with van der Waals surface area (Å²) in [4.78, 5) is 0.254. The van der Waals surface area contributed by atoms with Gasteiger partial charge >= 0.3 is 0 Å². The van der Waals surface area contributed by atoms with Crippen LogP contribution in [-0.4, -0.2) is 38.4 Å². The van der Waals surface area contributed by atoms with Gasteiger partial charge in [-0.1, -0.05) is 6.92 Å². The summed E-state index contributed by atoms with van der Waals surface area (Å²) in [5, 5.41) is 3.21. The van der Waals surface area contributed by atoms with E-state index in [9.17, 15) is 12.8 Å². The lowest BCUT2D eigenvalue weighted by Crippen LogP contribution is -2.42. The van der Waals surface area contributed by atoms with Gasteiger partial charge in [-0.2, -0.15) is 4.31 Å². The van der Waals surface area contributed by atoms with Crippen LogP contribution in [0.4, 0.5) is 4.39 Å². The number of halogens is 1. The minimum Gasteiger partial charge on any atom is -0.315 e. The molecule has 1 unspecified atom stereocenters. The minimum atomic E-state index is -3.60. The molecule has 0 spiro atoms. The average molecular weight is 314 g/mol. The Labute approximate surface area is 126 Å². The number of aryl methyl sites for hydroxylation is 2. The first-order chi connectivity index (χ1) is 9.87. The van der Waals surface area contributed by atoms with Gasteiger partial charge < -0.3 is 5.32 Å². The molecule has 1 aliphatic heterocycles. The zero-order chi connectivity index (χ0) is 15.6. The van der Waals surface area contributed by atoms with Crippen molar-refractivity contribution in [3.05, 3.63) is 29.1 Å². The molecule has 0 saturated carbocycles. The predicted molar refractivity (Wildman–Crippen MR) is 81.3 cm³/mol. The topological polar surface area (TPSA) is 49.4 Å². The summed E-state index contributed by atoms with van der Waals surface area (Å²) in [7, 11) is -3.60. The Hall–Kier alpha value is -0.980. The molecule has 1 atom stereocenters. The van der Waals surface area contributed by atoms with Crippen LogP contribution in [0, 0.1) is 19.7 Å². The molecule has 0 aromatic heterocycles. The van der Waals surface area contributed by atoms with E-state index in [-0.39, 0.29) is 10.9 Å². The van der Waals surface area contributed by atoms with Crippen molar-refractivity contribution in [1.29, 1.82) is 0 Å². The van der Waals surface area contributed by atoms with Crippen LogP contribution in [-0.2, 0) is 10.0 Å². The van der Waals surface area contributed by atoms with E-state index in [0.29, 0.717) is 24.2 Å². The molecule has 21 heavy (non-hydrogen) atoms. The monoisotopic (exact) mass is 314 g/mol. The Balaban J connectivity index is 2.48. The first-order valence-corrected chi connectivity index (χ1v) is 8.81. The summed E-state index contributed by atoms with van der Waals surface area (Å²) in [6.45, 7) is 7.28. The van der Waals surface area contributed by atoms with Crippen LogP contribution in [0.3, 0.4) is 0 Å². The van der Waals surface area contributed by atoms with Crippen molar-refractivity contribution in [2.45, 2.75) is 44.6 Å². The van der Waals surface area contributed by atoms with Crippen molar-refractivity contribution in [2.24, 2.45) is 0 Å². The highest BCUT2D eigenvalue weighted by Gasteiger charge is 2.34. The molecule has 1 saturated heterocycles. The van der Waals surface area contributed by atoms with Gasteiger partial charge in [-0.25, -0.2) is 12.8 Å². The zero-order valence-corrected chi connectivity index (χ0v) is 13.6. The van der Waals surface area contributed by atoms with Gasteiger partial charge in [0.25, 0.3) is 0 Å². The van der Waals surface area contributed by atoms with E-state index in [1.165, 1.54) is 12.1 Å². The number of rotatable bonds is 5. The van der Waals surface area contributed by atoms with Crippen molar-refractivity contribution < 1.29 is 12.8 Å². The van der Waals surface area contributed by atoms with Gasteiger partial charge in [0.05, 0.1) is 4.90 Å². The standard InChI is InChI=1S/C15H23FN2O2S/c1-4-7-18(14-5-6-17-10-14)21(19,20)15-11(2)8-13(16)9-12(15)3/h8-9,14,17H,4-7,10H2,1-3H3. The lowest BCUT2D eigenvalue weighted by molar-refractivity contribution is 0.334. The molecular formula is C15H23FN2O2S. The second-order valence-electron chi connectivity index (χ2n) is 5.63. The Morgan fingerprint density at radius 3 is 2.43 bits per heavy atom. The van der Waals surface area contributed by atoms with E-state index in [1.54, 1.807) is 18.2 Å². The Kier molecular flexibility index (Phi) is 5.01. The molecule has 0 bridgehead atoms. The van der Waals surface area contributed by atoms with Crippen LogP contribution < -0.4 is 5.32 Å². The number of nitrogens with one attached hydrogen (secondary N) is 1. The van der Waals surface area contributed by atoms with Crippen LogP contribution in [0.5, 0.6) is 0 Å². The molecule has 6 heteroatoms. The molecule has 1 aliphatic rings. The number of nitrogens with zero attached hydrogens (tertiary/aromatic N) is 1. The summed E-state index contributed by atoms with van der Waals surface area (Å²) in [5.41, 5.74) is 0.944. The average Bonchev–Trinajstić information content (AvgIpc) is 2.87. The molecule has 2 rings (SSSR count). The summed E-state index contributed by atoms with van der Waals surface area (Å²) < 4.78 is 41.1. The SMILES string of the molecule is CCCN(C1CCNC1)S(=O)(=O)c1c(C)cc(F)cc1C. The van der Waals surface area contributed by atoms with Gasteiger partial charge in [0, 0.05) is 19.1 Å². The number of benzene rings is 1. The lowest BCUT2D eigenvalue weighted by Gasteiger charge is -2.28. The van der Waals surface area contributed by atoms with E-state index in [1.807, 2.05) is 6.92 Å². The minimum absolute atomic E-state index is 0.0150. The molecular weight excluding hydrogens is 291 g/mol. The molecule has 1 heterocycles. The van der Waals surface area contributed by atoms with Crippen LogP contribution in [0.25, 0.3) is 0 Å². The molecule has 118 valence electrons. The Morgan fingerprint density at radius 2 is 1.95 bits per heavy atom. The molecule has 0 aliphatic carbocycles. The fraction of sp³-hybridized carbons (Fsp3) is 0.600. The molecule has 1 N–H and O–H groups in total. The Morgan fingerprint density at radius 1 is 1.33 bits per heavy atom. The van der Waals surface area contributed by atoms with Gasteiger partial charge in [0.2, 0.25) is 10.0 Å². The first kappa shape index (κ1) is 16.4. The van der Waals surface area contributed by atoms with Crippen LogP contribution in [0.15, 0.2) is 17.0 Å².